The van der Waals surface area contributed by atoms with Gasteiger partial charge in [0.1, 0.15) is 17.9 Å². The molecule has 0 fully saturated rings. The first-order chi connectivity index (χ1) is 11.5. The summed E-state index contributed by atoms with van der Waals surface area (Å²) in [5.74, 6) is -0.710. The molecule has 0 amide bonds. The number of carbonyl (C=O) groups is 1. The highest BCUT2D eigenvalue weighted by molar-refractivity contribution is 5.77. The molecule has 0 unspecified atom stereocenters. The minimum Gasteiger partial charge on any atom is -0.465 e. The first kappa shape index (κ1) is 17.4. The van der Waals surface area contributed by atoms with Crippen molar-refractivity contribution in [3.63, 3.8) is 0 Å². The van der Waals surface area contributed by atoms with Gasteiger partial charge in [-0.25, -0.2) is 0 Å². The second-order valence-corrected chi connectivity index (χ2v) is 5.20. The zero-order chi connectivity index (χ0) is 17.5. The zero-order valence-electron chi connectivity index (χ0n) is 13.6. The van der Waals surface area contributed by atoms with E-state index < -0.39 is 10.9 Å². The van der Waals surface area contributed by atoms with Gasteiger partial charge in [-0.1, -0.05) is 30.3 Å². The van der Waals surface area contributed by atoms with Crippen molar-refractivity contribution in [2.75, 3.05) is 18.1 Å². The van der Waals surface area contributed by atoms with E-state index in [0.717, 1.165) is 5.56 Å². The van der Waals surface area contributed by atoms with E-state index in [0.29, 0.717) is 17.9 Å². The molecule has 24 heavy (non-hydrogen) atoms. The van der Waals surface area contributed by atoms with Crippen LogP contribution in [-0.4, -0.2) is 29.0 Å². The smallest absolute Gasteiger partial charge is 0.387 e. The molecule has 0 spiro atoms. The lowest BCUT2D eigenvalue weighted by molar-refractivity contribution is -0.388. The van der Waals surface area contributed by atoms with E-state index in [-0.39, 0.29) is 19.0 Å². The Bertz CT molecular complexity index is 719. The molecule has 0 aliphatic carbocycles. The Balaban J connectivity index is 2.38. The summed E-state index contributed by atoms with van der Waals surface area (Å²) in [7, 11) is 0. The molecule has 0 atom stereocenters. The number of aryl methyl sites for hydroxylation is 1. The molecule has 1 aromatic carbocycles. The van der Waals surface area contributed by atoms with Crippen LogP contribution in [0.25, 0.3) is 0 Å². The van der Waals surface area contributed by atoms with Gasteiger partial charge in [0.15, 0.2) is 0 Å². The van der Waals surface area contributed by atoms with E-state index in [4.69, 9.17) is 4.74 Å². The van der Waals surface area contributed by atoms with E-state index in [1.165, 1.54) is 0 Å². The first-order valence-corrected chi connectivity index (χ1v) is 7.57. The SMILES string of the molecule is CCOC(=O)CN(Cc1ccccc1)c1ccc(C)nc1[N+](=O)[O-]. The Morgan fingerprint density at radius 3 is 2.58 bits per heavy atom. The highest BCUT2D eigenvalue weighted by Crippen LogP contribution is 2.27. The highest BCUT2D eigenvalue weighted by Gasteiger charge is 2.24. The number of ether oxygens (including phenoxy) is 1. The van der Waals surface area contributed by atoms with E-state index >= 15 is 0 Å². The highest BCUT2D eigenvalue weighted by atomic mass is 16.6. The minimum absolute atomic E-state index is 0.0890. The number of aromatic nitrogens is 1. The number of anilines is 1. The molecule has 7 heteroatoms. The lowest BCUT2D eigenvalue weighted by Crippen LogP contribution is -2.31. The molecular formula is C17H19N3O4. The van der Waals surface area contributed by atoms with Crippen molar-refractivity contribution in [3.05, 3.63) is 63.8 Å². The largest absolute Gasteiger partial charge is 0.465 e. The average Bonchev–Trinajstić information content (AvgIpc) is 2.55. The molecule has 2 aromatic rings. The summed E-state index contributed by atoms with van der Waals surface area (Å²) in [5, 5.41) is 11.3. The van der Waals surface area contributed by atoms with Crippen LogP contribution < -0.4 is 4.90 Å². The molecule has 7 nitrogen and oxygen atoms in total. The molecule has 0 radical (unpaired) electrons. The number of nitro groups is 1. The molecule has 0 saturated heterocycles. The van der Waals surface area contributed by atoms with E-state index in [9.17, 15) is 14.9 Å². The van der Waals surface area contributed by atoms with Gasteiger partial charge < -0.3 is 19.8 Å². The maximum absolute atomic E-state index is 11.9. The molecule has 0 aliphatic heterocycles. The maximum Gasteiger partial charge on any atom is 0.387 e. The van der Waals surface area contributed by atoms with Gasteiger partial charge in [0, 0.05) is 13.5 Å². The van der Waals surface area contributed by atoms with Gasteiger partial charge in [-0.15, -0.1) is 0 Å². The molecule has 126 valence electrons. The number of benzene rings is 1. The van der Waals surface area contributed by atoms with Crippen LogP contribution in [0.1, 0.15) is 18.2 Å². The summed E-state index contributed by atoms with van der Waals surface area (Å²) in [5.41, 5.74) is 1.76. The second-order valence-electron chi connectivity index (χ2n) is 5.20. The van der Waals surface area contributed by atoms with Gasteiger partial charge in [-0.2, -0.15) is 0 Å². The van der Waals surface area contributed by atoms with Crippen molar-refractivity contribution in [1.82, 2.24) is 4.98 Å². The fourth-order valence-electron chi connectivity index (χ4n) is 2.31. The number of hydrogen-bond acceptors (Lipinski definition) is 6. The Morgan fingerprint density at radius 2 is 1.96 bits per heavy atom. The van der Waals surface area contributed by atoms with Crippen LogP contribution in [0.3, 0.4) is 0 Å². The number of rotatable bonds is 7. The lowest BCUT2D eigenvalue weighted by Gasteiger charge is -2.23. The van der Waals surface area contributed by atoms with Crippen molar-refractivity contribution in [3.8, 4) is 0 Å². The quantitative estimate of drug-likeness (QED) is 0.441. The standard InChI is InChI=1S/C17H19N3O4/c1-3-24-16(21)12-19(11-14-7-5-4-6-8-14)15-10-9-13(2)18-17(15)20(22)23/h4-10H,3,11-12H2,1-2H3. The number of nitrogens with zero attached hydrogens (tertiary/aromatic N) is 3. The first-order valence-electron chi connectivity index (χ1n) is 7.57. The number of hydrogen-bond donors (Lipinski definition) is 0. The summed E-state index contributed by atoms with van der Waals surface area (Å²) in [6, 6.07) is 12.7. The van der Waals surface area contributed by atoms with Crippen LogP contribution in [0.2, 0.25) is 0 Å². The third-order valence-electron chi connectivity index (χ3n) is 3.35. The Kier molecular flexibility index (Phi) is 5.83. The van der Waals surface area contributed by atoms with Crippen molar-refractivity contribution >= 4 is 17.5 Å². The van der Waals surface area contributed by atoms with Crippen LogP contribution in [0.4, 0.5) is 11.5 Å². The van der Waals surface area contributed by atoms with E-state index in [1.54, 1.807) is 30.9 Å². The van der Waals surface area contributed by atoms with E-state index in [1.807, 2.05) is 30.3 Å². The number of pyridine rings is 1. The van der Waals surface area contributed by atoms with Crippen LogP contribution >= 0.6 is 0 Å². The van der Waals surface area contributed by atoms with Gasteiger partial charge in [0.2, 0.25) is 0 Å². The molecule has 0 bridgehead atoms. The fourth-order valence-corrected chi connectivity index (χ4v) is 2.31. The molecule has 1 heterocycles. The summed E-state index contributed by atoms with van der Waals surface area (Å²) in [6.45, 7) is 3.91. The lowest BCUT2D eigenvalue weighted by atomic mass is 10.2. The number of esters is 1. The van der Waals surface area contributed by atoms with Crippen molar-refractivity contribution in [2.45, 2.75) is 20.4 Å². The van der Waals surface area contributed by atoms with Crippen LogP contribution in [0.15, 0.2) is 42.5 Å². The topological polar surface area (TPSA) is 85.6 Å². The van der Waals surface area contributed by atoms with Gasteiger partial charge in [-0.05, 0) is 34.5 Å². The van der Waals surface area contributed by atoms with Gasteiger partial charge in [0.25, 0.3) is 0 Å². The van der Waals surface area contributed by atoms with Crippen molar-refractivity contribution in [2.24, 2.45) is 0 Å². The van der Waals surface area contributed by atoms with Gasteiger partial charge >= 0.3 is 11.8 Å². The zero-order valence-corrected chi connectivity index (χ0v) is 13.6. The number of carbonyl (C=O) groups excluding carboxylic acids is 1. The van der Waals surface area contributed by atoms with Crippen LogP contribution in [-0.2, 0) is 16.1 Å². The second kappa shape index (κ2) is 8.05. The third kappa shape index (κ3) is 4.52. The Hall–Kier alpha value is -2.96. The molecule has 2 rings (SSSR count). The van der Waals surface area contributed by atoms with E-state index in [2.05, 4.69) is 4.98 Å². The normalized spacial score (nSPS) is 10.2. The monoisotopic (exact) mass is 329 g/mol. The molecule has 0 saturated carbocycles. The molecule has 0 aliphatic rings. The molecule has 1 aromatic heterocycles. The summed E-state index contributed by atoms with van der Waals surface area (Å²) in [6.07, 6.45) is 0. The van der Waals surface area contributed by atoms with Gasteiger partial charge in [-0.3, -0.25) is 4.79 Å². The summed E-state index contributed by atoms with van der Waals surface area (Å²) >= 11 is 0. The predicted octanol–water partition coefficient (Wildman–Crippen LogP) is 2.87. The summed E-state index contributed by atoms with van der Waals surface area (Å²) in [4.78, 5) is 28.3. The molecular weight excluding hydrogens is 310 g/mol. The Morgan fingerprint density at radius 1 is 1.25 bits per heavy atom. The van der Waals surface area contributed by atoms with Crippen molar-refractivity contribution < 1.29 is 14.5 Å². The minimum atomic E-state index is -0.536. The fraction of sp³-hybridized carbons (Fsp3) is 0.294. The predicted molar refractivity (Wildman–Crippen MR) is 89.8 cm³/mol. The van der Waals surface area contributed by atoms with Gasteiger partial charge in [0.05, 0.1) is 6.61 Å². The average molecular weight is 329 g/mol. The van der Waals surface area contributed by atoms with Crippen LogP contribution in [0.5, 0.6) is 0 Å². The maximum atomic E-state index is 11.9. The van der Waals surface area contributed by atoms with Crippen molar-refractivity contribution in [1.29, 1.82) is 0 Å². The summed E-state index contributed by atoms with van der Waals surface area (Å²) < 4.78 is 4.98. The Labute approximate surface area is 140 Å². The third-order valence-corrected chi connectivity index (χ3v) is 3.35. The van der Waals surface area contributed by atoms with Crippen LogP contribution in [0, 0.1) is 17.0 Å². The molecule has 0 N–H and O–H groups in total.